The van der Waals surface area contributed by atoms with Crippen LogP contribution in [0.2, 0.25) is 0 Å². The summed E-state index contributed by atoms with van der Waals surface area (Å²) in [5.74, 6) is -0.0791. The maximum absolute atomic E-state index is 12.5. The first-order valence-electron chi connectivity index (χ1n) is 9.29. The predicted molar refractivity (Wildman–Crippen MR) is 103 cm³/mol. The molecule has 1 fully saturated rings. The molecule has 1 amide bonds. The quantitative estimate of drug-likeness (QED) is 0.736. The van der Waals surface area contributed by atoms with Gasteiger partial charge in [0.2, 0.25) is 15.9 Å². The first-order valence-corrected chi connectivity index (χ1v) is 10.8. The SMILES string of the molecule is CC(C)S(=O)(=O)NC1CCC(C(=O)Nc2ccc3c(c2)CCC3=N)CC1. The summed E-state index contributed by atoms with van der Waals surface area (Å²) in [4.78, 5) is 12.5. The molecule has 7 heteroatoms. The van der Waals surface area contributed by atoms with E-state index in [1.807, 2.05) is 18.2 Å². The maximum Gasteiger partial charge on any atom is 0.227 e. The standard InChI is InChI=1S/C19H27N3O3S/c1-12(2)26(24,25)22-15-6-3-13(4-7-15)19(23)21-16-8-9-17-14(11-16)5-10-18(17)20/h8-9,11-13,15,20,22H,3-7,10H2,1-2H3,(H,21,23). The lowest BCUT2D eigenvalue weighted by Gasteiger charge is -2.28. The van der Waals surface area contributed by atoms with Crippen LogP contribution in [0, 0.1) is 11.3 Å². The molecule has 0 heterocycles. The fourth-order valence-corrected chi connectivity index (χ4v) is 4.63. The van der Waals surface area contributed by atoms with Gasteiger partial charge in [-0.25, -0.2) is 13.1 Å². The highest BCUT2D eigenvalue weighted by molar-refractivity contribution is 7.90. The van der Waals surface area contributed by atoms with Crippen molar-refractivity contribution in [3.63, 3.8) is 0 Å². The summed E-state index contributed by atoms with van der Waals surface area (Å²) in [7, 11) is -3.26. The third-order valence-corrected chi connectivity index (χ3v) is 7.29. The zero-order valence-electron chi connectivity index (χ0n) is 15.3. The van der Waals surface area contributed by atoms with Gasteiger partial charge in [0.1, 0.15) is 0 Å². The minimum atomic E-state index is -3.26. The van der Waals surface area contributed by atoms with Crippen LogP contribution in [-0.4, -0.2) is 31.3 Å². The van der Waals surface area contributed by atoms with E-state index in [0.29, 0.717) is 31.4 Å². The number of amides is 1. The number of rotatable bonds is 5. The molecule has 0 aliphatic heterocycles. The smallest absolute Gasteiger partial charge is 0.227 e. The Morgan fingerprint density at radius 2 is 1.85 bits per heavy atom. The topological polar surface area (TPSA) is 99.1 Å². The number of nitrogens with one attached hydrogen (secondary N) is 3. The number of carbonyl (C=O) groups is 1. The molecule has 142 valence electrons. The summed E-state index contributed by atoms with van der Waals surface area (Å²) in [5.41, 5.74) is 3.56. The average Bonchev–Trinajstić information content (AvgIpc) is 2.95. The van der Waals surface area contributed by atoms with Crippen LogP contribution in [0.4, 0.5) is 5.69 Å². The second kappa shape index (κ2) is 7.48. The number of fused-ring (bicyclic) bond motifs is 1. The Kier molecular flexibility index (Phi) is 5.48. The number of hydrogen-bond donors (Lipinski definition) is 3. The van der Waals surface area contributed by atoms with Gasteiger partial charge in [-0.05, 0) is 75.6 Å². The van der Waals surface area contributed by atoms with E-state index in [2.05, 4.69) is 10.0 Å². The molecule has 2 aliphatic rings. The fourth-order valence-electron chi connectivity index (χ4n) is 3.65. The summed E-state index contributed by atoms with van der Waals surface area (Å²) in [5, 5.41) is 10.4. The molecule has 0 aromatic heterocycles. The van der Waals surface area contributed by atoms with Gasteiger partial charge >= 0.3 is 0 Å². The summed E-state index contributed by atoms with van der Waals surface area (Å²) in [6.07, 6.45) is 4.37. The molecule has 26 heavy (non-hydrogen) atoms. The van der Waals surface area contributed by atoms with E-state index in [-0.39, 0.29) is 17.9 Å². The van der Waals surface area contributed by atoms with E-state index in [9.17, 15) is 13.2 Å². The van der Waals surface area contributed by atoms with Gasteiger partial charge in [-0.3, -0.25) is 4.79 Å². The van der Waals surface area contributed by atoms with Crippen LogP contribution in [-0.2, 0) is 21.2 Å². The third-order valence-electron chi connectivity index (χ3n) is 5.39. The number of aryl methyl sites for hydroxylation is 1. The van der Waals surface area contributed by atoms with Gasteiger partial charge in [-0.15, -0.1) is 0 Å². The van der Waals surface area contributed by atoms with E-state index in [4.69, 9.17) is 5.41 Å². The van der Waals surface area contributed by atoms with Crippen LogP contribution in [0.3, 0.4) is 0 Å². The second-order valence-electron chi connectivity index (χ2n) is 7.60. The highest BCUT2D eigenvalue weighted by atomic mass is 32.2. The minimum absolute atomic E-state index is 0.00295. The van der Waals surface area contributed by atoms with Crippen LogP contribution in [0.15, 0.2) is 18.2 Å². The van der Waals surface area contributed by atoms with Crippen LogP contribution >= 0.6 is 0 Å². The zero-order chi connectivity index (χ0) is 18.9. The highest BCUT2D eigenvalue weighted by Gasteiger charge is 2.29. The number of hydrogen-bond acceptors (Lipinski definition) is 4. The van der Waals surface area contributed by atoms with Gasteiger partial charge in [-0.2, -0.15) is 0 Å². The fraction of sp³-hybridized carbons (Fsp3) is 0.579. The van der Waals surface area contributed by atoms with Crippen molar-refractivity contribution in [1.29, 1.82) is 5.41 Å². The summed E-state index contributed by atoms with van der Waals surface area (Å²) >= 11 is 0. The van der Waals surface area contributed by atoms with Crippen LogP contribution in [0.5, 0.6) is 0 Å². The third kappa shape index (κ3) is 4.15. The second-order valence-corrected chi connectivity index (χ2v) is 9.87. The van der Waals surface area contributed by atoms with Crippen molar-refractivity contribution in [2.45, 2.75) is 63.7 Å². The Morgan fingerprint density at radius 1 is 1.15 bits per heavy atom. The number of sulfonamides is 1. The van der Waals surface area contributed by atoms with Crippen LogP contribution in [0.25, 0.3) is 0 Å². The first-order chi connectivity index (χ1) is 12.3. The molecule has 0 radical (unpaired) electrons. The Hall–Kier alpha value is -1.73. The van der Waals surface area contributed by atoms with E-state index in [1.165, 1.54) is 0 Å². The van der Waals surface area contributed by atoms with E-state index < -0.39 is 15.3 Å². The van der Waals surface area contributed by atoms with Crippen molar-refractivity contribution in [2.24, 2.45) is 5.92 Å². The molecule has 0 atom stereocenters. The lowest BCUT2D eigenvalue weighted by molar-refractivity contribution is -0.120. The molecule has 1 aromatic rings. The molecule has 3 N–H and O–H groups in total. The van der Waals surface area contributed by atoms with Crippen molar-refractivity contribution in [1.82, 2.24) is 4.72 Å². The van der Waals surface area contributed by atoms with E-state index in [1.54, 1.807) is 13.8 Å². The molecule has 0 spiro atoms. The minimum Gasteiger partial charge on any atom is -0.326 e. The Balaban J connectivity index is 1.54. The molecular formula is C19H27N3O3S. The summed E-state index contributed by atoms with van der Waals surface area (Å²) in [6.45, 7) is 3.33. The van der Waals surface area contributed by atoms with Crippen molar-refractivity contribution in [3.05, 3.63) is 29.3 Å². The molecule has 0 unspecified atom stereocenters. The van der Waals surface area contributed by atoms with Crippen molar-refractivity contribution >= 4 is 27.3 Å². The number of benzene rings is 1. The maximum atomic E-state index is 12.5. The predicted octanol–water partition coefficient (Wildman–Crippen LogP) is 2.83. The largest absolute Gasteiger partial charge is 0.326 e. The summed E-state index contributed by atoms with van der Waals surface area (Å²) in [6, 6.07) is 5.67. The lowest BCUT2D eigenvalue weighted by atomic mass is 9.86. The van der Waals surface area contributed by atoms with Gasteiger partial charge in [0.05, 0.1) is 5.25 Å². The van der Waals surface area contributed by atoms with Crippen molar-refractivity contribution in [2.75, 3.05) is 5.32 Å². The van der Waals surface area contributed by atoms with Gasteiger partial charge in [-0.1, -0.05) is 6.07 Å². The van der Waals surface area contributed by atoms with Gasteiger partial charge < -0.3 is 10.7 Å². The molecule has 6 nitrogen and oxygen atoms in total. The number of anilines is 1. The summed E-state index contributed by atoms with van der Waals surface area (Å²) < 4.78 is 26.7. The van der Waals surface area contributed by atoms with Crippen LogP contribution < -0.4 is 10.0 Å². The molecule has 1 saturated carbocycles. The lowest BCUT2D eigenvalue weighted by Crippen LogP contribution is -2.42. The van der Waals surface area contributed by atoms with Crippen molar-refractivity contribution < 1.29 is 13.2 Å². The van der Waals surface area contributed by atoms with E-state index >= 15 is 0 Å². The Labute approximate surface area is 155 Å². The molecular weight excluding hydrogens is 350 g/mol. The molecule has 3 rings (SSSR count). The normalized spacial score (nSPS) is 23.1. The van der Waals surface area contributed by atoms with E-state index in [0.717, 1.165) is 29.7 Å². The first kappa shape index (κ1) is 19.0. The van der Waals surface area contributed by atoms with Gasteiger partial charge in [0.15, 0.2) is 0 Å². The van der Waals surface area contributed by atoms with Gasteiger partial charge in [0.25, 0.3) is 0 Å². The molecule has 0 bridgehead atoms. The highest BCUT2D eigenvalue weighted by Crippen LogP contribution is 2.28. The average molecular weight is 378 g/mol. The van der Waals surface area contributed by atoms with Crippen molar-refractivity contribution in [3.8, 4) is 0 Å². The van der Waals surface area contributed by atoms with Gasteiger partial charge in [0, 0.05) is 23.4 Å². The molecule has 0 saturated heterocycles. The van der Waals surface area contributed by atoms with Crippen LogP contribution in [0.1, 0.15) is 57.1 Å². The number of carbonyl (C=O) groups excluding carboxylic acids is 1. The Bertz CT molecular complexity index is 809. The Morgan fingerprint density at radius 3 is 2.50 bits per heavy atom. The monoisotopic (exact) mass is 377 g/mol. The zero-order valence-corrected chi connectivity index (χ0v) is 16.2. The molecule has 1 aromatic carbocycles. The molecule has 2 aliphatic carbocycles.